The Labute approximate surface area is 213 Å². The number of rotatable bonds is 9. The van der Waals surface area contributed by atoms with Crippen LogP contribution in [0.15, 0.2) is 72.0 Å². The van der Waals surface area contributed by atoms with Crippen molar-refractivity contribution >= 4 is 21.6 Å². The largest absolute Gasteiger partial charge is 0.374 e. The molecule has 10 nitrogen and oxygen atoms in total. The summed E-state index contributed by atoms with van der Waals surface area (Å²) in [5.41, 5.74) is 7.98. The fourth-order valence-electron chi connectivity index (χ4n) is 4.12. The van der Waals surface area contributed by atoms with Crippen LogP contribution in [-0.4, -0.2) is 59.0 Å². The van der Waals surface area contributed by atoms with Crippen molar-refractivity contribution < 1.29 is 27.0 Å². The van der Waals surface area contributed by atoms with E-state index in [0.29, 0.717) is 6.61 Å². The smallest absolute Gasteiger partial charge is 0.253 e. The SMILES string of the molecule is CS(=O)(=O)c1nc(N)n2cc(C3OC(COCc4ccccc4)C(OCc4ccccc4)C3F)nc2n1. The molecule has 2 aromatic heterocycles. The molecule has 0 saturated carbocycles. The molecule has 2 N–H and O–H groups in total. The minimum atomic E-state index is -3.72. The van der Waals surface area contributed by atoms with Crippen LogP contribution in [0.1, 0.15) is 22.9 Å². The Morgan fingerprint density at radius 1 is 1.00 bits per heavy atom. The molecule has 3 heterocycles. The monoisotopic (exact) mass is 527 g/mol. The Morgan fingerprint density at radius 2 is 1.65 bits per heavy atom. The fraction of sp³-hybridized carbons (Fsp3) is 0.320. The Morgan fingerprint density at radius 3 is 2.30 bits per heavy atom. The maximum Gasteiger partial charge on any atom is 0.253 e. The predicted octanol–water partition coefficient (Wildman–Crippen LogP) is 2.69. The van der Waals surface area contributed by atoms with Gasteiger partial charge in [-0.15, -0.1) is 0 Å². The number of aromatic nitrogens is 4. The Hall–Kier alpha value is -3.45. The van der Waals surface area contributed by atoms with Crippen LogP contribution in [0.3, 0.4) is 0 Å². The minimum absolute atomic E-state index is 0.0238. The van der Waals surface area contributed by atoms with Gasteiger partial charge >= 0.3 is 0 Å². The van der Waals surface area contributed by atoms with Crippen molar-refractivity contribution in [3.63, 3.8) is 0 Å². The molecular weight excluding hydrogens is 501 g/mol. The van der Waals surface area contributed by atoms with Crippen LogP contribution in [0, 0.1) is 0 Å². The van der Waals surface area contributed by atoms with Gasteiger partial charge < -0.3 is 19.9 Å². The van der Waals surface area contributed by atoms with Crippen LogP contribution in [0.4, 0.5) is 10.3 Å². The van der Waals surface area contributed by atoms with E-state index in [1.165, 1.54) is 10.6 Å². The lowest BCUT2D eigenvalue weighted by atomic mass is 10.1. The highest BCUT2D eigenvalue weighted by Gasteiger charge is 2.48. The van der Waals surface area contributed by atoms with E-state index in [9.17, 15) is 8.42 Å². The molecule has 0 spiro atoms. The van der Waals surface area contributed by atoms with Crippen molar-refractivity contribution in [3.05, 3.63) is 83.7 Å². The second-order valence-electron chi connectivity index (χ2n) is 8.77. The molecule has 1 saturated heterocycles. The summed E-state index contributed by atoms with van der Waals surface area (Å²) in [7, 11) is -3.72. The number of halogens is 1. The lowest BCUT2D eigenvalue weighted by Crippen LogP contribution is -2.34. The topological polar surface area (TPSA) is 131 Å². The molecule has 37 heavy (non-hydrogen) atoms. The van der Waals surface area contributed by atoms with E-state index in [1.54, 1.807) is 0 Å². The summed E-state index contributed by atoms with van der Waals surface area (Å²) in [6.07, 6.45) is -1.92. The highest BCUT2D eigenvalue weighted by Crippen LogP contribution is 2.38. The molecule has 4 aromatic rings. The summed E-state index contributed by atoms with van der Waals surface area (Å²) in [4.78, 5) is 12.1. The summed E-state index contributed by atoms with van der Waals surface area (Å²) in [6, 6.07) is 19.1. The number of benzene rings is 2. The van der Waals surface area contributed by atoms with Crippen LogP contribution in [0.25, 0.3) is 5.78 Å². The highest BCUT2D eigenvalue weighted by molar-refractivity contribution is 7.90. The van der Waals surface area contributed by atoms with Gasteiger partial charge in [0.2, 0.25) is 21.6 Å². The first-order valence-electron chi connectivity index (χ1n) is 11.6. The van der Waals surface area contributed by atoms with E-state index in [4.69, 9.17) is 19.9 Å². The van der Waals surface area contributed by atoms with Crippen molar-refractivity contribution in [1.82, 2.24) is 19.4 Å². The number of hydrogen-bond donors (Lipinski definition) is 1. The van der Waals surface area contributed by atoms with Crippen molar-refractivity contribution in [2.45, 2.75) is 42.9 Å². The molecule has 4 atom stereocenters. The van der Waals surface area contributed by atoms with Gasteiger partial charge in [-0.1, -0.05) is 60.7 Å². The summed E-state index contributed by atoms with van der Waals surface area (Å²) >= 11 is 0. The number of nitrogen functional groups attached to an aromatic ring is 1. The third-order valence-corrected chi connectivity index (χ3v) is 6.80. The normalized spacial score (nSPS) is 22.0. The maximum atomic E-state index is 15.8. The van der Waals surface area contributed by atoms with Crippen LogP contribution >= 0.6 is 0 Å². The molecule has 0 amide bonds. The second kappa shape index (κ2) is 10.5. The summed E-state index contributed by atoms with van der Waals surface area (Å²) in [5, 5.41) is -0.463. The molecule has 2 aromatic carbocycles. The molecule has 1 aliphatic rings. The van der Waals surface area contributed by atoms with E-state index in [0.717, 1.165) is 17.4 Å². The molecule has 1 fully saturated rings. The summed E-state index contributed by atoms with van der Waals surface area (Å²) in [6.45, 7) is 0.625. The molecule has 5 rings (SSSR count). The first-order valence-corrected chi connectivity index (χ1v) is 13.5. The lowest BCUT2D eigenvalue weighted by molar-refractivity contribution is -0.0740. The van der Waals surface area contributed by atoms with Gasteiger partial charge in [0.1, 0.15) is 18.3 Å². The van der Waals surface area contributed by atoms with Gasteiger partial charge in [0.05, 0.1) is 25.5 Å². The Balaban J connectivity index is 1.38. The first kappa shape index (κ1) is 25.2. The molecular formula is C25H26FN5O5S. The van der Waals surface area contributed by atoms with Gasteiger partial charge in [0.15, 0.2) is 6.17 Å². The Bertz CT molecular complexity index is 1470. The van der Waals surface area contributed by atoms with Crippen molar-refractivity contribution in [1.29, 1.82) is 0 Å². The van der Waals surface area contributed by atoms with Gasteiger partial charge in [0.25, 0.3) is 5.16 Å². The number of anilines is 1. The van der Waals surface area contributed by atoms with E-state index in [2.05, 4.69) is 15.0 Å². The number of ether oxygens (including phenoxy) is 3. The quantitative estimate of drug-likeness (QED) is 0.349. The maximum absolute atomic E-state index is 15.8. The number of imidazole rings is 1. The average molecular weight is 528 g/mol. The molecule has 0 bridgehead atoms. The highest BCUT2D eigenvalue weighted by atomic mass is 32.2. The fourth-order valence-corrected chi connectivity index (χ4v) is 4.63. The number of fused-ring (bicyclic) bond motifs is 1. The molecule has 194 valence electrons. The van der Waals surface area contributed by atoms with Crippen LogP contribution in [-0.2, 0) is 37.3 Å². The predicted molar refractivity (Wildman–Crippen MR) is 132 cm³/mol. The van der Waals surface area contributed by atoms with Crippen molar-refractivity contribution in [2.75, 3.05) is 18.6 Å². The van der Waals surface area contributed by atoms with E-state index >= 15 is 4.39 Å². The zero-order chi connectivity index (χ0) is 26.0. The molecule has 0 aliphatic carbocycles. The van der Waals surface area contributed by atoms with E-state index in [-0.39, 0.29) is 30.6 Å². The standard InChI is InChI=1S/C25H26FN5O5S/c1-37(32,33)25-29-23(27)31-12-18(28-24(31)30-25)21-20(26)22(35-14-17-10-6-3-7-11-17)19(36-21)15-34-13-16-8-4-2-5-9-16/h2-12,19-22H,13-15H2,1H3,(H2,27,28,29,30). The second-order valence-corrected chi connectivity index (χ2v) is 10.7. The number of sulfone groups is 1. The molecule has 0 radical (unpaired) electrons. The van der Waals surface area contributed by atoms with Gasteiger partial charge in [-0.2, -0.15) is 9.97 Å². The molecule has 4 unspecified atom stereocenters. The average Bonchev–Trinajstić information content (AvgIpc) is 3.45. The van der Waals surface area contributed by atoms with E-state index < -0.39 is 39.5 Å². The van der Waals surface area contributed by atoms with Gasteiger partial charge in [-0.05, 0) is 11.1 Å². The van der Waals surface area contributed by atoms with Crippen LogP contribution in [0.2, 0.25) is 0 Å². The van der Waals surface area contributed by atoms with Crippen LogP contribution in [0.5, 0.6) is 0 Å². The number of hydrogen-bond acceptors (Lipinski definition) is 9. The van der Waals surface area contributed by atoms with Gasteiger partial charge in [-0.25, -0.2) is 17.8 Å². The first-order chi connectivity index (χ1) is 17.8. The summed E-state index contributed by atoms with van der Waals surface area (Å²) < 4.78 is 58.8. The van der Waals surface area contributed by atoms with Crippen LogP contribution < -0.4 is 5.73 Å². The number of nitrogens with two attached hydrogens (primary N) is 1. The minimum Gasteiger partial charge on any atom is -0.374 e. The third kappa shape index (κ3) is 5.62. The van der Waals surface area contributed by atoms with E-state index in [1.807, 2.05) is 60.7 Å². The third-order valence-electron chi connectivity index (χ3n) is 5.95. The van der Waals surface area contributed by atoms with Gasteiger partial charge in [-0.3, -0.25) is 4.40 Å². The Kier molecular flexibility index (Phi) is 7.15. The summed E-state index contributed by atoms with van der Waals surface area (Å²) in [5.74, 6) is -0.165. The van der Waals surface area contributed by atoms with Crippen molar-refractivity contribution in [2.24, 2.45) is 0 Å². The number of nitrogens with zero attached hydrogens (tertiary/aromatic N) is 4. The van der Waals surface area contributed by atoms with Gasteiger partial charge in [0, 0.05) is 12.5 Å². The lowest BCUT2D eigenvalue weighted by Gasteiger charge is -2.20. The molecule has 12 heteroatoms. The molecule has 1 aliphatic heterocycles. The zero-order valence-corrected chi connectivity index (χ0v) is 20.8. The number of alkyl halides is 1. The van der Waals surface area contributed by atoms with Crippen molar-refractivity contribution in [3.8, 4) is 0 Å². The zero-order valence-electron chi connectivity index (χ0n) is 20.0.